The van der Waals surface area contributed by atoms with Crippen LogP contribution < -0.4 is 4.74 Å². The smallest absolute Gasteiger partial charge is 0.337 e. The van der Waals surface area contributed by atoms with E-state index < -0.39 is 5.97 Å². The molecular formula is C12H17ClO3. The summed E-state index contributed by atoms with van der Waals surface area (Å²) in [5.74, 6) is 0.0788. The molecule has 0 N–H and O–H groups in total. The van der Waals surface area contributed by atoms with Gasteiger partial charge < -0.3 is 9.47 Å². The van der Waals surface area contributed by atoms with Crippen LogP contribution in [-0.2, 0) is 4.74 Å². The highest BCUT2D eigenvalue weighted by Crippen LogP contribution is 2.29. The van der Waals surface area contributed by atoms with E-state index in [4.69, 9.17) is 16.3 Å². The van der Waals surface area contributed by atoms with Crippen molar-refractivity contribution in [2.45, 2.75) is 20.8 Å². The van der Waals surface area contributed by atoms with Crippen LogP contribution in [0.25, 0.3) is 0 Å². The molecule has 0 spiro atoms. The van der Waals surface area contributed by atoms with Gasteiger partial charge in [-0.25, -0.2) is 4.79 Å². The Bertz CT molecular complexity index is 362. The second-order valence-electron chi connectivity index (χ2n) is 2.80. The summed E-state index contributed by atoms with van der Waals surface area (Å²) in [5.41, 5.74) is 1.22. The molecule has 1 aromatic rings. The number of methoxy groups -OCH3 is 2. The molecule has 90 valence electrons. The predicted molar refractivity (Wildman–Crippen MR) is 65.4 cm³/mol. The molecule has 4 heteroatoms. The van der Waals surface area contributed by atoms with E-state index >= 15 is 0 Å². The van der Waals surface area contributed by atoms with Crippen LogP contribution in [0.2, 0.25) is 5.02 Å². The van der Waals surface area contributed by atoms with Gasteiger partial charge in [0.1, 0.15) is 5.75 Å². The van der Waals surface area contributed by atoms with Crippen molar-refractivity contribution >= 4 is 17.6 Å². The summed E-state index contributed by atoms with van der Waals surface area (Å²) in [6, 6.07) is 3.22. The van der Waals surface area contributed by atoms with E-state index in [-0.39, 0.29) is 0 Å². The van der Waals surface area contributed by atoms with Gasteiger partial charge in [0.2, 0.25) is 0 Å². The Morgan fingerprint density at radius 2 is 1.81 bits per heavy atom. The number of hydrogen-bond acceptors (Lipinski definition) is 3. The highest BCUT2D eigenvalue weighted by atomic mass is 35.5. The topological polar surface area (TPSA) is 35.5 Å². The lowest BCUT2D eigenvalue weighted by molar-refractivity contribution is 0.0600. The molecular weight excluding hydrogens is 228 g/mol. The molecule has 0 bridgehead atoms. The molecule has 0 heterocycles. The van der Waals surface area contributed by atoms with E-state index in [2.05, 4.69) is 4.74 Å². The summed E-state index contributed by atoms with van der Waals surface area (Å²) in [5, 5.41) is 0.514. The zero-order valence-electron chi connectivity index (χ0n) is 10.3. The summed E-state index contributed by atoms with van der Waals surface area (Å²) in [7, 11) is 2.83. The molecule has 1 rings (SSSR count). The Kier molecular flexibility index (Phi) is 6.58. The zero-order chi connectivity index (χ0) is 12.7. The molecule has 0 amide bonds. The van der Waals surface area contributed by atoms with Crippen LogP contribution in [0.1, 0.15) is 29.8 Å². The van der Waals surface area contributed by atoms with Gasteiger partial charge in [0.25, 0.3) is 0 Å². The number of hydrogen-bond donors (Lipinski definition) is 0. The van der Waals surface area contributed by atoms with E-state index in [9.17, 15) is 4.79 Å². The summed E-state index contributed by atoms with van der Waals surface area (Å²) >= 11 is 5.94. The zero-order valence-corrected chi connectivity index (χ0v) is 11.0. The maximum Gasteiger partial charge on any atom is 0.337 e. The summed E-state index contributed by atoms with van der Waals surface area (Å²) < 4.78 is 9.61. The number of carbonyl (C=O) groups excluding carboxylic acids is 1. The largest absolute Gasteiger partial charge is 0.495 e. The average molecular weight is 245 g/mol. The molecule has 0 unspecified atom stereocenters. The number of ether oxygens (including phenoxy) is 2. The van der Waals surface area contributed by atoms with E-state index in [1.54, 1.807) is 19.1 Å². The number of esters is 1. The number of rotatable bonds is 2. The Labute approximate surface area is 101 Å². The van der Waals surface area contributed by atoms with E-state index in [0.29, 0.717) is 16.3 Å². The molecule has 1 aromatic carbocycles. The fraction of sp³-hybridized carbons (Fsp3) is 0.417. The minimum absolute atomic E-state index is 0.400. The first-order chi connectivity index (χ1) is 7.60. The van der Waals surface area contributed by atoms with Gasteiger partial charge in [-0.2, -0.15) is 0 Å². The van der Waals surface area contributed by atoms with E-state index in [1.807, 2.05) is 13.8 Å². The molecule has 0 fully saturated rings. The third-order valence-electron chi connectivity index (χ3n) is 1.86. The molecule has 3 nitrogen and oxygen atoms in total. The quantitative estimate of drug-likeness (QED) is 0.748. The summed E-state index contributed by atoms with van der Waals surface area (Å²) in [6.45, 7) is 5.80. The lowest BCUT2D eigenvalue weighted by Crippen LogP contribution is -2.02. The third kappa shape index (κ3) is 3.42. The standard InChI is InChI=1S/C10H11ClO3.C2H6/c1-6-4-7(10(12)14-3)5-8(13-2)9(6)11;1-2/h4-5H,1-3H3;1-2H3. The van der Waals surface area contributed by atoms with Crippen molar-refractivity contribution in [2.75, 3.05) is 14.2 Å². The van der Waals surface area contributed by atoms with E-state index in [0.717, 1.165) is 5.56 Å². The second-order valence-corrected chi connectivity index (χ2v) is 3.18. The average Bonchev–Trinajstić information content (AvgIpc) is 2.34. The van der Waals surface area contributed by atoms with Crippen molar-refractivity contribution in [3.05, 3.63) is 28.3 Å². The summed E-state index contributed by atoms with van der Waals surface area (Å²) in [4.78, 5) is 11.2. The van der Waals surface area contributed by atoms with Gasteiger partial charge in [0.15, 0.2) is 0 Å². The summed E-state index contributed by atoms with van der Waals surface area (Å²) in [6.07, 6.45) is 0. The normalized spacial score (nSPS) is 8.88. The van der Waals surface area contributed by atoms with Crippen molar-refractivity contribution in [1.82, 2.24) is 0 Å². The Morgan fingerprint density at radius 3 is 2.25 bits per heavy atom. The number of halogens is 1. The lowest BCUT2D eigenvalue weighted by atomic mass is 10.1. The van der Waals surface area contributed by atoms with Crippen LogP contribution in [0.3, 0.4) is 0 Å². The van der Waals surface area contributed by atoms with Crippen LogP contribution in [-0.4, -0.2) is 20.2 Å². The first kappa shape index (κ1) is 14.8. The van der Waals surface area contributed by atoms with Crippen molar-refractivity contribution in [2.24, 2.45) is 0 Å². The van der Waals surface area contributed by atoms with Gasteiger partial charge in [-0.05, 0) is 24.6 Å². The van der Waals surface area contributed by atoms with Gasteiger partial charge in [-0.15, -0.1) is 0 Å². The third-order valence-corrected chi connectivity index (χ3v) is 2.35. The molecule has 0 aromatic heterocycles. The van der Waals surface area contributed by atoms with Crippen LogP contribution in [0.5, 0.6) is 5.75 Å². The highest BCUT2D eigenvalue weighted by Gasteiger charge is 2.11. The fourth-order valence-electron chi connectivity index (χ4n) is 1.12. The lowest BCUT2D eigenvalue weighted by Gasteiger charge is -2.08. The minimum atomic E-state index is -0.400. The molecule has 0 aliphatic heterocycles. The molecule has 0 aliphatic carbocycles. The Hall–Kier alpha value is -1.22. The minimum Gasteiger partial charge on any atom is -0.495 e. The molecule has 0 saturated carbocycles. The van der Waals surface area contributed by atoms with Crippen LogP contribution in [0.4, 0.5) is 0 Å². The number of aryl methyl sites for hydroxylation is 1. The SMILES string of the molecule is CC.COC(=O)c1cc(C)c(Cl)c(OC)c1. The predicted octanol–water partition coefficient (Wildman–Crippen LogP) is 3.47. The van der Waals surface area contributed by atoms with Crippen molar-refractivity contribution in [3.8, 4) is 5.75 Å². The first-order valence-corrected chi connectivity index (χ1v) is 5.40. The van der Waals surface area contributed by atoms with E-state index in [1.165, 1.54) is 14.2 Å². The Morgan fingerprint density at radius 1 is 1.25 bits per heavy atom. The molecule has 0 radical (unpaired) electrons. The van der Waals surface area contributed by atoms with Gasteiger partial charge in [-0.3, -0.25) is 0 Å². The van der Waals surface area contributed by atoms with Crippen molar-refractivity contribution < 1.29 is 14.3 Å². The Balaban J connectivity index is 0.00000106. The molecule has 0 atom stereocenters. The highest BCUT2D eigenvalue weighted by molar-refractivity contribution is 6.33. The number of benzene rings is 1. The first-order valence-electron chi connectivity index (χ1n) is 5.02. The van der Waals surface area contributed by atoms with Gasteiger partial charge in [0.05, 0.1) is 24.8 Å². The van der Waals surface area contributed by atoms with Crippen molar-refractivity contribution in [3.63, 3.8) is 0 Å². The maximum absolute atomic E-state index is 11.2. The second kappa shape index (κ2) is 7.12. The maximum atomic E-state index is 11.2. The van der Waals surface area contributed by atoms with Crippen molar-refractivity contribution in [1.29, 1.82) is 0 Å². The van der Waals surface area contributed by atoms with Crippen LogP contribution in [0.15, 0.2) is 12.1 Å². The van der Waals surface area contributed by atoms with Gasteiger partial charge in [-0.1, -0.05) is 25.4 Å². The fourth-order valence-corrected chi connectivity index (χ4v) is 1.31. The molecule has 0 aliphatic rings. The van der Waals surface area contributed by atoms with Gasteiger partial charge >= 0.3 is 5.97 Å². The molecule has 16 heavy (non-hydrogen) atoms. The van der Waals surface area contributed by atoms with Gasteiger partial charge in [0, 0.05) is 0 Å². The number of carbonyl (C=O) groups is 1. The van der Waals surface area contributed by atoms with Crippen LogP contribution >= 0.6 is 11.6 Å². The molecule has 0 saturated heterocycles. The van der Waals surface area contributed by atoms with Crippen LogP contribution in [0, 0.1) is 6.92 Å². The monoisotopic (exact) mass is 244 g/mol.